The highest BCUT2D eigenvalue weighted by Gasteiger charge is 2.49. The molecule has 1 aromatic heterocycles. The number of carboxylic acid groups (broad SMARTS) is 1. The van der Waals surface area contributed by atoms with Crippen molar-refractivity contribution < 1.29 is 32.3 Å². The number of ether oxygens (including phenoxy) is 2. The number of aromatic carboxylic acids is 1. The number of hydrogen-bond acceptors (Lipinski definition) is 8. The minimum Gasteiger partial charge on any atom is -0.495 e. The van der Waals surface area contributed by atoms with Crippen LogP contribution in [0.15, 0.2) is 39.8 Å². The largest absolute Gasteiger partial charge is 0.495 e. The molecular weight excluding hydrogens is 486 g/mol. The van der Waals surface area contributed by atoms with Crippen LogP contribution < -0.4 is 14.4 Å². The molecule has 188 valence electrons. The van der Waals surface area contributed by atoms with Crippen molar-refractivity contribution in [3.8, 4) is 22.8 Å². The Hall–Kier alpha value is -3.73. The molecule has 10 nitrogen and oxygen atoms in total. The number of anilines is 1. The zero-order chi connectivity index (χ0) is 25.2. The van der Waals surface area contributed by atoms with E-state index in [1.807, 2.05) is 0 Å². The Labute approximate surface area is 207 Å². The summed E-state index contributed by atoms with van der Waals surface area (Å²) in [6.45, 7) is 2.02. The summed E-state index contributed by atoms with van der Waals surface area (Å²) in [6.07, 6.45) is 3.74. The van der Waals surface area contributed by atoms with Crippen LogP contribution in [-0.2, 0) is 21.9 Å². The molecular formula is C25H24N3O7S-. The van der Waals surface area contributed by atoms with Crippen molar-refractivity contribution in [3.63, 3.8) is 0 Å². The number of aromatic nitrogens is 1. The monoisotopic (exact) mass is 510 g/mol. The second-order valence-electron chi connectivity index (χ2n) is 9.42. The van der Waals surface area contributed by atoms with E-state index in [0.717, 1.165) is 55.7 Å². The molecule has 2 heterocycles. The fourth-order valence-electron chi connectivity index (χ4n) is 5.14. The van der Waals surface area contributed by atoms with E-state index in [1.54, 1.807) is 0 Å². The molecule has 1 N–H and O–H groups in total. The third-order valence-electron chi connectivity index (χ3n) is 7.35. The Kier molecular flexibility index (Phi) is 4.98. The van der Waals surface area contributed by atoms with Crippen molar-refractivity contribution in [1.82, 2.24) is 5.16 Å². The quantitative estimate of drug-likeness (QED) is 0.495. The number of carbonyl (C=O) groups is 1. The lowest BCUT2D eigenvalue weighted by atomic mass is 9.79. The minimum absolute atomic E-state index is 0.0114. The topological polar surface area (TPSA) is 133 Å². The first-order chi connectivity index (χ1) is 17.3. The Bertz CT molecular complexity index is 1480. The summed E-state index contributed by atoms with van der Waals surface area (Å²) in [5, 5.41) is 13.4. The number of fused-ring (bicyclic) bond motifs is 4. The number of benzene rings is 2. The maximum Gasteiger partial charge on any atom is 0.335 e. The predicted molar refractivity (Wildman–Crippen MR) is 130 cm³/mol. The number of rotatable bonds is 7. The van der Waals surface area contributed by atoms with Crippen molar-refractivity contribution >= 4 is 27.5 Å². The third-order valence-corrected chi connectivity index (χ3v) is 8.68. The van der Waals surface area contributed by atoms with E-state index >= 15 is 0 Å². The standard InChI is InChI=1S/C25H25N3O7S/c1-33-19-10-14(24(29)30)11-20(34-2)22(19)36(31,32)27-23-17-13-25(6-7-25)18-5-4-15(28-8-3-9-28)12-16(18)21(17)35-26-23/h4-5,10-12H,3,6-9,13H2,1-2H3,(H2,26,27,29,30)/p-1. The lowest BCUT2D eigenvalue weighted by molar-refractivity contribution is 0.0695. The maximum absolute atomic E-state index is 13.5. The van der Waals surface area contributed by atoms with Crippen LogP contribution in [0.3, 0.4) is 0 Å². The second kappa shape index (κ2) is 7.89. The Morgan fingerprint density at radius 3 is 2.39 bits per heavy atom. The minimum atomic E-state index is -4.40. The molecule has 1 aliphatic heterocycles. The van der Waals surface area contributed by atoms with Crippen LogP contribution in [-0.4, -0.2) is 52.0 Å². The van der Waals surface area contributed by atoms with Crippen molar-refractivity contribution in [1.29, 1.82) is 0 Å². The summed E-state index contributed by atoms with van der Waals surface area (Å²) in [5.41, 5.74) is 3.67. The van der Waals surface area contributed by atoms with Gasteiger partial charge < -0.3 is 28.7 Å². The van der Waals surface area contributed by atoms with Gasteiger partial charge in [0.25, 0.3) is 0 Å². The van der Waals surface area contributed by atoms with Crippen molar-refractivity contribution in [2.45, 2.75) is 36.0 Å². The molecule has 1 saturated carbocycles. The van der Waals surface area contributed by atoms with E-state index < -0.39 is 16.0 Å². The summed E-state index contributed by atoms with van der Waals surface area (Å²) in [7, 11) is -1.90. The zero-order valence-electron chi connectivity index (χ0n) is 19.8. The number of methoxy groups -OCH3 is 2. The third kappa shape index (κ3) is 3.41. The zero-order valence-corrected chi connectivity index (χ0v) is 20.6. The highest BCUT2D eigenvalue weighted by Crippen LogP contribution is 2.59. The normalized spacial score (nSPS) is 17.1. The van der Waals surface area contributed by atoms with Crippen LogP contribution in [0, 0.1) is 0 Å². The average molecular weight is 511 g/mol. The summed E-state index contributed by atoms with van der Waals surface area (Å²) in [4.78, 5) is 13.4. The van der Waals surface area contributed by atoms with Gasteiger partial charge in [0, 0.05) is 29.8 Å². The van der Waals surface area contributed by atoms with E-state index in [2.05, 4.69) is 33.0 Å². The van der Waals surface area contributed by atoms with Crippen molar-refractivity contribution in [2.75, 3.05) is 32.2 Å². The molecule has 0 bridgehead atoms. The van der Waals surface area contributed by atoms with Gasteiger partial charge in [-0.1, -0.05) is 6.07 Å². The van der Waals surface area contributed by atoms with Gasteiger partial charge in [-0.25, -0.2) is 13.2 Å². The van der Waals surface area contributed by atoms with Gasteiger partial charge >= 0.3 is 5.97 Å². The van der Waals surface area contributed by atoms with Crippen LogP contribution in [0.5, 0.6) is 11.5 Å². The van der Waals surface area contributed by atoms with Crippen LogP contribution in [0.1, 0.15) is 40.7 Å². The molecule has 0 atom stereocenters. The van der Waals surface area contributed by atoms with E-state index in [-0.39, 0.29) is 33.2 Å². The van der Waals surface area contributed by atoms with Gasteiger partial charge in [-0.3, -0.25) is 5.16 Å². The summed E-state index contributed by atoms with van der Waals surface area (Å²) in [5.74, 6) is -1.09. The Morgan fingerprint density at radius 1 is 1.14 bits per heavy atom. The van der Waals surface area contributed by atoms with Gasteiger partial charge in [0.2, 0.25) is 10.0 Å². The highest BCUT2D eigenvalue weighted by atomic mass is 32.2. The Balaban J connectivity index is 1.42. The molecule has 6 rings (SSSR count). The van der Waals surface area contributed by atoms with Crippen molar-refractivity contribution in [2.24, 2.45) is 0 Å². The number of carboxylic acids is 1. The second-order valence-corrected chi connectivity index (χ2v) is 11.0. The van der Waals surface area contributed by atoms with Gasteiger partial charge in [0.05, 0.1) is 19.8 Å². The summed E-state index contributed by atoms with van der Waals surface area (Å²) in [6, 6.07) is 8.66. The van der Waals surface area contributed by atoms with Crippen LogP contribution in [0.25, 0.3) is 16.0 Å². The van der Waals surface area contributed by atoms with Gasteiger partial charge in [0.1, 0.15) is 17.3 Å². The number of nitrogens with zero attached hydrogens (tertiary/aromatic N) is 3. The molecule has 0 radical (unpaired) electrons. The van der Waals surface area contributed by atoms with Gasteiger partial charge in [-0.15, -0.1) is 0 Å². The molecule has 2 aromatic carbocycles. The average Bonchev–Trinajstić information content (AvgIpc) is 3.49. The first-order valence-corrected chi connectivity index (χ1v) is 13.1. The molecule has 2 aliphatic carbocycles. The molecule has 11 heteroatoms. The number of hydrogen-bond donors (Lipinski definition) is 1. The summed E-state index contributed by atoms with van der Waals surface area (Å²) >= 11 is 0. The van der Waals surface area contributed by atoms with Gasteiger partial charge in [-0.2, -0.15) is 0 Å². The molecule has 0 unspecified atom stereocenters. The van der Waals surface area contributed by atoms with E-state index in [4.69, 9.17) is 14.0 Å². The first kappa shape index (κ1) is 22.7. The SMILES string of the molecule is COc1cc(C(=O)O)cc(OC)c1S(=O)(=O)[N-]c1noc2c1CC1(CC1)c1ccc(N3CCC3)cc1-2. The van der Waals surface area contributed by atoms with Crippen molar-refractivity contribution in [3.05, 3.63) is 51.7 Å². The fourth-order valence-corrected chi connectivity index (χ4v) is 6.40. The van der Waals surface area contributed by atoms with Gasteiger partial charge in [0.15, 0.2) is 4.90 Å². The fraction of sp³-hybridized carbons (Fsp3) is 0.360. The highest BCUT2D eigenvalue weighted by molar-refractivity contribution is 7.94. The van der Waals surface area contributed by atoms with Gasteiger partial charge in [-0.05, 0) is 66.9 Å². The Morgan fingerprint density at radius 2 is 1.83 bits per heavy atom. The molecule has 1 saturated heterocycles. The molecule has 36 heavy (non-hydrogen) atoms. The molecule has 0 amide bonds. The smallest absolute Gasteiger partial charge is 0.335 e. The predicted octanol–water partition coefficient (Wildman–Crippen LogP) is 4.25. The van der Waals surface area contributed by atoms with E-state index in [1.165, 1.54) is 19.8 Å². The molecule has 1 spiro atoms. The molecule has 2 fully saturated rings. The lowest BCUT2D eigenvalue weighted by Crippen LogP contribution is -2.37. The van der Waals surface area contributed by atoms with Crippen LogP contribution in [0.4, 0.5) is 11.5 Å². The first-order valence-electron chi connectivity index (χ1n) is 11.6. The summed E-state index contributed by atoms with van der Waals surface area (Å²) < 4.78 is 47.1. The lowest BCUT2D eigenvalue weighted by Gasteiger charge is -2.35. The molecule has 3 aliphatic rings. The maximum atomic E-state index is 13.5. The molecule has 3 aromatic rings. The van der Waals surface area contributed by atoms with E-state index in [0.29, 0.717) is 17.7 Å². The van der Waals surface area contributed by atoms with Crippen LogP contribution in [0.2, 0.25) is 0 Å². The van der Waals surface area contributed by atoms with Crippen LogP contribution >= 0.6 is 0 Å². The van der Waals surface area contributed by atoms with E-state index in [9.17, 15) is 18.3 Å². The number of sulfonamides is 1.